The molecule has 0 radical (unpaired) electrons. The van der Waals surface area contributed by atoms with E-state index in [0.717, 1.165) is 42.6 Å². The van der Waals surface area contributed by atoms with E-state index in [-0.39, 0.29) is 24.0 Å². The summed E-state index contributed by atoms with van der Waals surface area (Å²) in [6.45, 7) is 5.72. The van der Waals surface area contributed by atoms with E-state index in [2.05, 4.69) is 65.3 Å². The van der Waals surface area contributed by atoms with Crippen LogP contribution in [-0.4, -0.2) is 66.5 Å². The maximum absolute atomic E-state index is 4.80. The number of unbranched alkanes of at least 4 members (excludes halogenated alkanes) is 4. The lowest BCUT2D eigenvalue weighted by Gasteiger charge is -2.21. The number of imidazole rings is 1. The summed E-state index contributed by atoms with van der Waals surface area (Å²) in [7, 11) is 6.34. The van der Waals surface area contributed by atoms with E-state index in [1.165, 1.54) is 32.2 Å². The van der Waals surface area contributed by atoms with Gasteiger partial charge in [-0.3, -0.25) is 4.99 Å². The molecule has 6 nitrogen and oxygen atoms in total. The number of nitrogens with one attached hydrogen (secondary N) is 2. The van der Waals surface area contributed by atoms with Gasteiger partial charge in [-0.2, -0.15) is 0 Å². The van der Waals surface area contributed by atoms with Crippen molar-refractivity contribution in [3.05, 3.63) is 42.4 Å². The van der Waals surface area contributed by atoms with E-state index in [9.17, 15) is 0 Å². The first-order chi connectivity index (χ1) is 14.1. The molecule has 2 aromatic rings. The van der Waals surface area contributed by atoms with Gasteiger partial charge in [-0.05, 0) is 46.0 Å². The first-order valence-electron chi connectivity index (χ1n) is 10.8. The molecule has 7 heteroatoms. The molecule has 0 aliphatic carbocycles. The Morgan fingerprint density at radius 2 is 1.73 bits per heavy atom. The number of hydrogen-bond acceptors (Lipinski definition) is 3. The molecule has 2 N–H and O–H groups in total. The van der Waals surface area contributed by atoms with Gasteiger partial charge in [0.2, 0.25) is 0 Å². The lowest BCUT2D eigenvalue weighted by Crippen LogP contribution is -2.38. The molecule has 0 aliphatic heterocycles. The largest absolute Gasteiger partial charge is 0.357 e. The maximum atomic E-state index is 4.80. The molecule has 0 bridgehead atoms. The number of aromatic amines is 1. The summed E-state index contributed by atoms with van der Waals surface area (Å²) in [6, 6.07) is 10.3. The summed E-state index contributed by atoms with van der Waals surface area (Å²) in [6.07, 6.45) is 8.19. The second kappa shape index (κ2) is 15.2. The van der Waals surface area contributed by atoms with Crippen molar-refractivity contribution >= 4 is 29.9 Å². The van der Waals surface area contributed by atoms with Crippen LogP contribution in [0.15, 0.2) is 41.5 Å². The standard InChI is InChI=1S/C23H38N6.HI/c1-5-24-23(25-16-12-7-6-8-13-17-28(2)3)29(4)19-22-26-18-21(27-22)20-14-10-9-11-15-20;/h9-11,14-15,18H,5-8,12-13,16-17,19H2,1-4H3,(H,24,25)(H,26,27);1H. The van der Waals surface area contributed by atoms with Gasteiger partial charge in [0.05, 0.1) is 18.4 Å². The Bertz CT molecular complexity index is 713. The number of aliphatic imine (C=N–C) groups is 1. The number of guanidine groups is 1. The average Bonchev–Trinajstić information content (AvgIpc) is 3.18. The summed E-state index contributed by atoms with van der Waals surface area (Å²) in [5.74, 6) is 1.88. The zero-order chi connectivity index (χ0) is 20.9. The van der Waals surface area contributed by atoms with Gasteiger partial charge in [0.15, 0.2) is 5.96 Å². The molecule has 0 saturated carbocycles. The summed E-state index contributed by atoms with van der Waals surface area (Å²) >= 11 is 0. The van der Waals surface area contributed by atoms with E-state index in [1.54, 1.807) is 0 Å². The fourth-order valence-electron chi connectivity index (χ4n) is 3.23. The number of halogens is 1. The number of hydrogen-bond donors (Lipinski definition) is 2. The Morgan fingerprint density at radius 3 is 2.43 bits per heavy atom. The van der Waals surface area contributed by atoms with Gasteiger partial charge in [0, 0.05) is 20.1 Å². The Morgan fingerprint density at radius 1 is 1.03 bits per heavy atom. The third-order valence-corrected chi connectivity index (χ3v) is 4.82. The normalized spacial score (nSPS) is 11.4. The quantitative estimate of drug-likeness (QED) is 0.184. The van der Waals surface area contributed by atoms with Gasteiger partial charge in [-0.1, -0.05) is 49.6 Å². The van der Waals surface area contributed by atoms with Crippen LogP contribution < -0.4 is 5.32 Å². The van der Waals surface area contributed by atoms with Crippen molar-refractivity contribution in [1.29, 1.82) is 0 Å². The second-order valence-corrected chi connectivity index (χ2v) is 7.77. The highest BCUT2D eigenvalue weighted by Gasteiger charge is 2.09. The molecule has 0 aliphatic rings. The Balaban J connectivity index is 0.00000450. The molecule has 2 rings (SSSR count). The topological polar surface area (TPSA) is 59.6 Å². The van der Waals surface area contributed by atoms with E-state index in [4.69, 9.17) is 4.99 Å². The first-order valence-corrected chi connectivity index (χ1v) is 10.8. The molecule has 30 heavy (non-hydrogen) atoms. The minimum Gasteiger partial charge on any atom is -0.357 e. The first kappa shape index (κ1) is 26.4. The van der Waals surface area contributed by atoms with Crippen LogP contribution in [0.3, 0.4) is 0 Å². The summed E-state index contributed by atoms with van der Waals surface area (Å²) in [5, 5.41) is 3.39. The zero-order valence-electron chi connectivity index (χ0n) is 19.0. The molecule has 1 aromatic heterocycles. The summed E-state index contributed by atoms with van der Waals surface area (Å²) in [5.41, 5.74) is 2.20. The number of aromatic nitrogens is 2. The van der Waals surface area contributed by atoms with Gasteiger partial charge in [-0.25, -0.2) is 4.98 Å². The van der Waals surface area contributed by atoms with Crippen molar-refractivity contribution in [3.63, 3.8) is 0 Å². The number of nitrogens with zero attached hydrogens (tertiary/aromatic N) is 4. The number of H-pyrrole nitrogens is 1. The van der Waals surface area contributed by atoms with Crippen molar-refractivity contribution in [1.82, 2.24) is 25.1 Å². The molecule has 0 fully saturated rings. The Hall–Kier alpha value is -1.61. The van der Waals surface area contributed by atoms with E-state index >= 15 is 0 Å². The van der Waals surface area contributed by atoms with Crippen LogP contribution in [-0.2, 0) is 6.54 Å². The monoisotopic (exact) mass is 526 g/mol. The predicted molar refractivity (Wildman–Crippen MR) is 139 cm³/mol. The molecule has 168 valence electrons. The van der Waals surface area contributed by atoms with E-state index in [0.29, 0.717) is 6.54 Å². The average molecular weight is 527 g/mol. The van der Waals surface area contributed by atoms with Crippen molar-refractivity contribution in [3.8, 4) is 11.3 Å². The van der Waals surface area contributed by atoms with Gasteiger partial charge in [0.1, 0.15) is 5.82 Å². The molecule has 1 heterocycles. The predicted octanol–water partition coefficient (Wildman–Crippen LogP) is 4.60. The highest BCUT2D eigenvalue weighted by Crippen LogP contribution is 2.16. The Kier molecular flexibility index (Phi) is 13.4. The molecular formula is C23H39IN6. The fraction of sp³-hybridized carbons (Fsp3) is 0.565. The SMILES string of the molecule is CCNC(=NCCCCCCCN(C)C)N(C)Cc1ncc(-c2ccccc2)[nH]1.I. The lowest BCUT2D eigenvalue weighted by atomic mass is 10.1. The molecule has 0 amide bonds. The van der Waals surface area contributed by atoms with Gasteiger partial charge < -0.3 is 20.1 Å². The van der Waals surface area contributed by atoms with Crippen LogP contribution >= 0.6 is 24.0 Å². The third-order valence-electron chi connectivity index (χ3n) is 4.82. The lowest BCUT2D eigenvalue weighted by molar-refractivity contribution is 0.390. The molecular weight excluding hydrogens is 487 g/mol. The van der Waals surface area contributed by atoms with E-state index < -0.39 is 0 Å². The van der Waals surface area contributed by atoms with E-state index in [1.807, 2.05) is 24.4 Å². The highest BCUT2D eigenvalue weighted by atomic mass is 127. The van der Waals surface area contributed by atoms with Crippen LogP contribution in [0.2, 0.25) is 0 Å². The van der Waals surface area contributed by atoms with Gasteiger partial charge in [0.25, 0.3) is 0 Å². The second-order valence-electron chi connectivity index (χ2n) is 7.77. The smallest absolute Gasteiger partial charge is 0.194 e. The summed E-state index contributed by atoms with van der Waals surface area (Å²) in [4.78, 5) is 17.2. The van der Waals surface area contributed by atoms with Crippen LogP contribution in [0.5, 0.6) is 0 Å². The van der Waals surface area contributed by atoms with Crippen LogP contribution in [0.4, 0.5) is 0 Å². The molecule has 1 aromatic carbocycles. The van der Waals surface area contributed by atoms with Crippen molar-refractivity contribution in [2.45, 2.75) is 45.6 Å². The zero-order valence-corrected chi connectivity index (χ0v) is 21.4. The van der Waals surface area contributed by atoms with Crippen molar-refractivity contribution in [2.24, 2.45) is 4.99 Å². The fourth-order valence-corrected chi connectivity index (χ4v) is 3.23. The van der Waals surface area contributed by atoms with Crippen LogP contribution in [0, 0.1) is 0 Å². The number of rotatable bonds is 12. The molecule has 0 atom stereocenters. The summed E-state index contributed by atoms with van der Waals surface area (Å²) < 4.78 is 0. The van der Waals surface area contributed by atoms with Crippen LogP contribution in [0.25, 0.3) is 11.3 Å². The van der Waals surface area contributed by atoms with Gasteiger partial charge >= 0.3 is 0 Å². The van der Waals surface area contributed by atoms with Crippen LogP contribution in [0.1, 0.15) is 44.9 Å². The van der Waals surface area contributed by atoms with Crippen molar-refractivity contribution < 1.29 is 0 Å². The maximum Gasteiger partial charge on any atom is 0.194 e. The molecule has 0 saturated heterocycles. The minimum absolute atomic E-state index is 0. The number of benzene rings is 1. The highest BCUT2D eigenvalue weighted by molar-refractivity contribution is 14.0. The van der Waals surface area contributed by atoms with Crippen molar-refractivity contribution in [2.75, 3.05) is 40.8 Å². The Labute approximate surface area is 199 Å². The molecule has 0 unspecified atom stereocenters. The van der Waals surface area contributed by atoms with Gasteiger partial charge in [-0.15, -0.1) is 24.0 Å². The molecule has 0 spiro atoms. The minimum atomic E-state index is 0. The third kappa shape index (κ3) is 9.93.